The maximum atomic E-state index is 11.8. The molecule has 4 nitrogen and oxygen atoms in total. The van der Waals surface area contributed by atoms with Gasteiger partial charge in [0, 0.05) is 18.5 Å². The van der Waals surface area contributed by atoms with Crippen LogP contribution in [0.4, 0.5) is 0 Å². The molecule has 2 rings (SSSR count). The summed E-state index contributed by atoms with van der Waals surface area (Å²) >= 11 is 0. The molecule has 0 heterocycles. The second-order valence-corrected chi connectivity index (χ2v) is 5.38. The SMILES string of the molecule is CN(CCO)CC(=O)NCC1(c2ccccc2)CC1. The maximum absolute atomic E-state index is 11.8. The fourth-order valence-corrected chi connectivity index (χ4v) is 2.33. The van der Waals surface area contributed by atoms with Crippen molar-refractivity contribution >= 4 is 5.91 Å². The molecular formula is C15H22N2O2. The quantitative estimate of drug-likeness (QED) is 0.763. The fourth-order valence-electron chi connectivity index (χ4n) is 2.33. The summed E-state index contributed by atoms with van der Waals surface area (Å²) in [5, 5.41) is 11.8. The van der Waals surface area contributed by atoms with Crippen molar-refractivity contribution < 1.29 is 9.90 Å². The van der Waals surface area contributed by atoms with Crippen molar-refractivity contribution in [2.45, 2.75) is 18.3 Å². The third kappa shape index (κ3) is 3.78. The standard InChI is InChI=1S/C15H22N2O2/c1-17(9-10-18)11-14(19)16-12-15(7-8-15)13-5-3-2-4-6-13/h2-6,18H,7-12H2,1H3,(H,16,19). The number of benzene rings is 1. The number of amides is 1. The number of hydrogen-bond donors (Lipinski definition) is 2. The molecule has 4 heteroatoms. The lowest BCUT2D eigenvalue weighted by molar-refractivity contribution is -0.122. The summed E-state index contributed by atoms with van der Waals surface area (Å²) in [4.78, 5) is 13.6. The second kappa shape index (κ2) is 6.17. The lowest BCUT2D eigenvalue weighted by Crippen LogP contribution is -2.39. The van der Waals surface area contributed by atoms with Gasteiger partial charge in [-0.2, -0.15) is 0 Å². The number of carbonyl (C=O) groups is 1. The van der Waals surface area contributed by atoms with E-state index in [9.17, 15) is 4.79 Å². The average molecular weight is 262 g/mol. The van der Waals surface area contributed by atoms with E-state index < -0.39 is 0 Å². The zero-order valence-corrected chi connectivity index (χ0v) is 11.4. The Bertz CT molecular complexity index is 415. The highest BCUT2D eigenvalue weighted by Gasteiger charge is 2.44. The first-order chi connectivity index (χ1) is 9.16. The lowest BCUT2D eigenvalue weighted by Gasteiger charge is -2.19. The molecule has 0 aromatic heterocycles. The average Bonchev–Trinajstić information content (AvgIpc) is 3.19. The van der Waals surface area contributed by atoms with Crippen LogP contribution in [0.3, 0.4) is 0 Å². The van der Waals surface area contributed by atoms with Crippen molar-refractivity contribution in [1.29, 1.82) is 0 Å². The lowest BCUT2D eigenvalue weighted by atomic mass is 9.96. The van der Waals surface area contributed by atoms with E-state index in [4.69, 9.17) is 5.11 Å². The Hall–Kier alpha value is -1.39. The van der Waals surface area contributed by atoms with E-state index in [1.165, 1.54) is 5.56 Å². The van der Waals surface area contributed by atoms with Crippen molar-refractivity contribution in [2.24, 2.45) is 0 Å². The Morgan fingerprint density at radius 1 is 1.37 bits per heavy atom. The molecule has 1 aliphatic rings. The van der Waals surface area contributed by atoms with E-state index >= 15 is 0 Å². The maximum Gasteiger partial charge on any atom is 0.234 e. The molecule has 0 atom stereocenters. The van der Waals surface area contributed by atoms with Gasteiger partial charge in [-0.25, -0.2) is 0 Å². The van der Waals surface area contributed by atoms with Crippen LogP contribution in [0.25, 0.3) is 0 Å². The Balaban J connectivity index is 1.81. The molecule has 0 aliphatic heterocycles. The molecule has 1 saturated carbocycles. The largest absolute Gasteiger partial charge is 0.395 e. The third-order valence-corrected chi connectivity index (χ3v) is 3.76. The number of carbonyl (C=O) groups excluding carboxylic acids is 1. The van der Waals surface area contributed by atoms with Crippen molar-refractivity contribution in [3.63, 3.8) is 0 Å². The first kappa shape index (κ1) is 14.0. The number of nitrogens with zero attached hydrogens (tertiary/aromatic N) is 1. The third-order valence-electron chi connectivity index (χ3n) is 3.76. The number of aliphatic hydroxyl groups is 1. The molecule has 104 valence electrons. The Morgan fingerprint density at radius 3 is 2.63 bits per heavy atom. The highest BCUT2D eigenvalue weighted by Crippen LogP contribution is 2.47. The molecule has 2 N–H and O–H groups in total. The van der Waals surface area contributed by atoms with Crippen LogP contribution in [-0.2, 0) is 10.2 Å². The van der Waals surface area contributed by atoms with Gasteiger partial charge in [-0.15, -0.1) is 0 Å². The van der Waals surface area contributed by atoms with Gasteiger partial charge < -0.3 is 10.4 Å². The minimum atomic E-state index is 0.0261. The van der Waals surface area contributed by atoms with E-state index in [-0.39, 0.29) is 17.9 Å². The predicted octanol–water partition coefficient (Wildman–Crippen LogP) is 0.759. The van der Waals surface area contributed by atoms with Crippen LogP contribution in [0.2, 0.25) is 0 Å². The number of nitrogens with one attached hydrogen (secondary N) is 1. The molecule has 0 unspecified atom stereocenters. The minimum absolute atomic E-state index is 0.0261. The summed E-state index contributed by atoms with van der Waals surface area (Å²) in [6.07, 6.45) is 2.29. The van der Waals surface area contributed by atoms with Gasteiger partial charge in [-0.1, -0.05) is 30.3 Å². The van der Waals surface area contributed by atoms with E-state index in [1.54, 1.807) is 0 Å². The van der Waals surface area contributed by atoms with Crippen LogP contribution in [0.1, 0.15) is 18.4 Å². The van der Waals surface area contributed by atoms with Crippen LogP contribution in [0, 0.1) is 0 Å². The van der Waals surface area contributed by atoms with E-state index in [2.05, 4.69) is 17.4 Å². The van der Waals surface area contributed by atoms with Gasteiger partial charge in [-0.05, 0) is 25.5 Å². The van der Waals surface area contributed by atoms with Crippen LogP contribution < -0.4 is 5.32 Å². The smallest absolute Gasteiger partial charge is 0.234 e. The van der Waals surface area contributed by atoms with Crippen LogP contribution in [0.5, 0.6) is 0 Å². The van der Waals surface area contributed by atoms with Crippen LogP contribution in [0.15, 0.2) is 30.3 Å². The number of rotatable bonds is 7. The summed E-state index contributed by atoms with van der Waals surface area (Å²) < 4.78 is 0. The Labute approximate surface area is 114 Å². The van der Waals surface area contributed by atoms with Crippen LogP contribution >= 0.6 is 0 Å². The molecular weight excluding hydrogens is 240 g/mol. The molecule has 1 fully saturated rings. The normalized spacial score (nSPS) is 16.4. The second-order valence-electron chi connectivity index (χ2n) is 5.38. The van der Waals surface area contributed by atoms with Gasteiger partial charge in [0.15, 0.2) is 0 Å². The first-order valence-electron chi connectivity index (χ1n) is 6.78. The topological polar surface area (TPSA) is 52.6 Å². The number of aliphatic hydroxyl groups excluding tert-OH is 1. The Kier molecular flexibility index (Phi) is 4.56. The first-order valence-corrected chi connectivity index (χ1v) is 6.78. The van der Waals surface area contributed by atoms with Gasteiger partial charge in [0.1, 0.15) is 0 Å². The molecule has 1 amide bonds. The van der Waals surface area contributed by atoms with Gasteiger partial charge >= 0.3 is 0 Å². The summed E-state index contributed by atoms with van der Waals surface area (Å²) in [5.41, 5.74) is 1.48. The molecule has 0 spiro atoms. The fraction of sp³-hybridized carbons (Fsp3) is 0.533. The minimum Gasteiger partial charge on any atom is -0.395 e. The molecule has 19 heavy (non-hydrogen) atoms. The number of likely N-dealkylation sites (N-methyl/N-ethyl adjacent to an activating group) is 1. The van der Waals surface area contributed by atoms with Gasteiger partial charge in [0.05, 0.1) is 13.2 Å². The number of hydrogen-bond acceptors (Lipinski definition) is 3. The zero-order valence-electron chi connectivity index (χ0n) is 11.4. The van der Waals surface area contributed by atoms with Gasteiger partial charge in [-0.3, -0.25) is 9.69 Å². The molecule has 0 bridgehead atoms. The van der Waals surface area contributed by atoms with Gasteiger partial charge in [0.2, 0.25) is 5.91 Å². The summed E-state index contributed by atoms with van der Waals surface area (Å²) in [7, 11) is 1.83. The molecule has 0 saturated heterocycles. The van der Waals surface area contributed by atoms with E-state index in [0.717, 1.165) is 12.8 Å². The summed E-state index contributed by atoms with van der Waals surface area (Å²) in [5.74, 6) is 0.0261. The van der Waals surface area contributed by atoms with Crippen molar-refractivity contribution in [3.05, 3.63) is 35.9 Å². The monoisotopic (exact) mass is 262 g/mol. The molecule has 1 aliphatic carbocycles. The van der Waals surface area contributed by atoms with Crippen LogP contribution in [-0.4, -0.2) is 49.2 Å². The molecule has 1 aromatic carbocycles. The zero-order chi connectivity index (χ0) is 13.7. The molecule has 0 radical (unpaired) electrons. The van der Waals surface area contributed by atoms with Crippen molar-refractivity contribution in [3.8, 4) is 0 Å². The highest BCUT2D eigenvalue weighted by atomic mass is 16.3. The van der Waals surface area contributed by atoms with Gasteiger partial charge in [0.25, 0.3) is 0 Å². The highest BCUT2D eigenvalue weighted by molar-refractivity contribution is 5.78. The van der Waals surface area contributed by atoms with Crippen molar-refractivity contribution in [1.82, 2.24) is 10.2 Å². The van der Waals surface area contributed by atoms with E-state index in [1.807, 2.05) is 30.1 Å². The Morgan fingerprint density at radius 2 is 2.05 bits per heavy atom. The van der Waals surface area contributed by atoms with E-state index in [0.29, 0.717) is 19.6 Å². The van der Waals surface area contributed by atoms with Crippen molar-refractivity contribution in [2.75, 3.05) is 33.3 Å². The summed E-state index contributed by atoms with van der Waals surface area (Å²) in [6.45, 7) is 1.66. The summed E-state index contributed by atoms with van der Waals surface area (Å²) in [6, 6.07) is 10.4. The predicted molar refractivity (Wildman–Crippen MR) is 74.9 cm³/mol. The molecule has 1 aromatic rings.